The minimum Gasteiger partial charge on any atom is -0.508 e. The number of aryl methyl sites for hydroxylation is 1. The van der Waals surface area contributed by atoms with Gasteiger partial charge in [-0.1, -0.05) is 12.1 Å². The van der Waals surface area contributed by atoms with Crippen molar-refractivity contribution in [3.63, 3.8) is 0 Å². The molecule has 21 heavy (non-hydrogen) atoms. The maximum atomic E-state index is 13.0. The lowest BCUT2D eigenvalue weighted by Crippen LogP contribution is -2.21. The summed E-state index contributed by atoms with van der Waals surface area (Å²) >= 11 is 0. The standard InChI is InChI=1S/C17H19F2NO/c1-11-9-14(18)4-3-13(11)7-8-20-12(2)16-6-5-15(19)10-17(16)21/h3-6,9-10,12,20-21H,7-8H2,1-2H3. The van der Waals surface area contributed by atoms with Crippen LogP contribution in [0.15, 0.2) is 36.4 Å². The Hall–Kier alpha value is -1.94. The molecular weight excluding hydrogens is 272 g/mol. The molecule has 0 aliphatic carbocycles. The fraction of sp³-hybridized carbons (Fsp3) is 0.294. The molecule has 112 valence electrons. The van der Waals surface area contributed by atoms with Crippen LogP contribution in [0.5, 0.6) is 5.75 Å². The Morgan fingerprint density at radius 1 is 1.10 bits per heavy atom. The van der Waals surface area contributed by atoms with E-state index in [0.29, 0.717) is 12.1 Å². The molecule has 0 saturated heterocycles. The predicted octanol–water partition coefficient (Wildman–Crippen LogP) is 3.87. The van der Waals surface area contributed by atoms with E-state index in [9.17, 15) is 13.9 Å². The van der Waals surface area contributed by atoms with E-state index in [1.165, 1.54) is 18.2 Å². The van der Waals surface area contributed by atoms with Crippen molar-refractivity contribution >= 4 is 0 Å². The summed E-state index contributed by atoms with van der Waals surface area (Å²) in [6.07, 6.45) is 0.762. The summed E-state index contributed by atoms with van der Waals surface area (Å²) in [6.45, 7) is 4.47. The van der Waals surface area contributed by atoms with Gasteiger partial charge >= 0.3 is 0 Å². The number of rotatable bonds is 5. The van der Waals surface area contributed by atoms with Gasteiger partial charge in [-0.2, -0.15) is 0 Å². The van der Waals surface area contributed by atoms with Crippen LogP contribution in [0, 0.1) is 18.6 Å². The molecule has 0 fully saturated rings. The first-order valence-corrected chi connectivity index (χ1v) is 6.94. The summed E-state index contributed by atoms with van der Waals surface area (Å²) < 4.78 is 26.0. The van der Waals surface area contributed by atoms with Crippen LogP contribution in [0.3, 0.4) is 0 Å². The topological polar surface area (TPSA) is 32.3 Å². The molecule has 2 N–H and O–H groups in total. The zero-order valence-electron chi connectivity index (χ0n) is 12.2. The van der Waals surface area contributed by atoms with Crippen molar-refractivity contribution in [2.45, 2.75) is 26.3 Å². The normalized spacial score (nSPS) is 12.4. The molecule has 4 heteroatoms. The van der Waals surface area contributed by atoms with Gasteiger partial charge in [0.25, 0.3) is 0 Å². The van der Waals surface area contributed by atoms with E-state index in [2.05, 4.69) is 5.32 Å². The van der Waals surface area contributed by atoms with Crippen LogP contribution in [0.25, 0.3) is 0 Å². The Bertz CT molecular complexity index is 628. The van der Waals surface area contributed by atoms with Crippen LogP contribution in [0.4, 0.5) is 8.78 Å². The second-order valence-electron chi connectivity index (χ2n) is 5.20. The first-order chi connectivity index (χ1) is 9.97. The minimum absolute atomic E-state index is 0.0482. The Balaban J connectivity index is 1.93. The highest BCUT2D eigenvalue weighted by molar-refractivity contribution is 5.35. The molecule has 0 aliphatic rings. The zero-order chi connectivity index (χ0) is 15.4. The van der Waals surface area contributed by atoms with Crippen LogP contribution in [-0.2, 0) is 6.42 Å². The van der Waals surface area contributed by atoms with Gasteiger partial charge in [-0.05, 0) is 56.1 Å². The third-order valence-corrected chi connectivity index (χ3v) is 3.61. The lowest BCUT2D eigenvalue weighted by molar-refractivity contribution is 0.447. The van der Waals surface area contributed by atoms with Gasteiger partial charge in [0.1, 0.15) is 17.4 Å². The van der Waals surface area contributed by atoms with E-state index in [1.807, 2.05) is 13.8 Å². The molecule has 1 atom stereocenters. The minimum atomic E-state index is -0.453. The van der Waals surface area contributed by atoms with Gasteiger partial charge in [0.2, 0.25) is 0 Å². The van der Waals surface area contributed by atoms with Crippen molar-refractivity contribution in [3.05, 3.63) is 64.7 Å². The van der Waals surface area contributed by atoms with E-state index < -0.39 is 5.82 Å². The van der Waals surface area contributed by atoms with Gasteiger partial charge in [0.05, 0.1) is 0 Å². The van der Waals surface area contributed by atoms with E-state index in [-0.39, 0.29) is 17.6 Å². The van der Waals surface area contributed by atoms with Gasteiger partial charge in [0.15, 0.2) is 0 Å². The number of nitrogens with one attached hydrogen (secondary N) is 1. The first kappa shape index (κ1) is 15.4. The van der Waals surface area contributed by atoms with Crippen molar-refractivity contribution < 1.29 is 13.9 Å². The third kappa shape index (κ3) is 4.02. The van der Waals surface area contributed by atoms with Crippen LogP contribution >= 0.6 is 0 Å². The van der Waals surface area contributed by atoms with Crippen LogP contribution in [0.1, 0.15) is 29.7 Å². The fourth-order valence-electron chi connectivity index (χ4n) is 2.36. The maximum absolute atomic E-state index is 13.0. The number of halogens is 2. The Labute approximate surface area is 123 Å². The molecule has 0 saturated carbocycles. The van der Waals surface area contributed by atoms with Gasteiger partial charge in [-0.15, -0.1) is 0 Å². The number of aromatic hydroxyl groups is 1. The lowest BCUT2D eigenvalue weighted by atomic mass is 10.0. The molecule has 0 aliphatic heterocycles. The molecule has 0 amide bonds. The summed E-state index contributed by atoms with van der Waals surface area (Å²) in [5.41, 5.74) is 2.67. The fourth-order valence-corrected chi connectivity index (χ4v) is 2.36. The third-order valence-electron chi connectivity index (χ3n) is 3.61. The summed E-state index contributed by atoms with van der Waals surface area (Å²) in [4.78, 5) is 0. The molecule has 2 aromatic rings. The molecular formula is C17H19F2NO. The van der Waals surface area contributed by atoms with Crippen molar-refractivity contribution in [1.29, 1.82) is 0 Å². The van der Waals surface area contributed by atoms with Gasteiger partial charge in [-0.3, -0.25) is 0 Å². The molecule has 1 unspecified atom stereocenters. The summed E-state index contributed by atoms with van der Waals surface area (Å²) in [5, 5.41) is 13.0. The van der Waals surface area contributed by atoms with E-state index in [4.69, 9.17) is 0 Å². The molecule has 0 bridgehead atoms. The predicted molar refractivity (Wildman–Crippen MR) is 79.3 cm³/mol. The average molecular weight is 291 g/mol. The highest BCUT2D eigenvalue weighted by atomic mass is 19.1. The maximum Gasteiger partial charge on any atom is 0.126 e. The summed E-state index contributed by atoms with van der Waals surface area (Å²) in [6, 6.07) is 8.68. The molecule has 0 aromatic heterocycles. The van der Waals surface area contributed by atoms with Crippen LogP contribution in [0.2, 0.25) is 0 Å². The van der Waals surface area contributed by atoms with Gasteiger partial charge in [-0.25, -0.2) is 8.78 Å². The number of phenols is 1. The van der Waals surface area contributed by atoms with Crippen molar-refractivity contribution in [1.82, 2.24) is 5.32 Å². The van der Waals surface area contributed by atoms with Gasteiger partial charge < -0.3 is 10.4 Å². The Kier molecular flexibility index (Phi) is 4.91. The number of phenolic OH excluding ortho intramolecular Hbond substituents is 1. The molecule has 0 heterocycles. The quantitative estimate of drug-likeness (QED) is 0.876. The molecule has 0 radical (unpaired) electrons. The van der Waals surface area contributed by atoms with Crippen LogP contribution < -0.4 is 5.32 Å². The number of hydrogen-bond acceptors (Lipinski definition) is 2. The monoisotopic (exact) mass is 291 g/mol. The first-order valence-electron chi connectivity index (χ1n) is 6.94. The van der Waals surface area contributed by atoms with Crippen LogP contribution in [-0.4, -0.2) is 11.7 Å². The largest absolute Gasteiger partial charge is 0.508 e. The average Bonchev–Trinajstić information content (AvgIpc) is 2.41. The second-order valence-corrected chi connectivity index (χ2v) is 5.20. The summed E-state index contributed by atoms with van der Waals surface area (Å²) in [5.74, 6) is -0.729. The molecule has 0 spiro atoms. The SMILES string of the molecule is Cc1cc(F)ccc1CCNC(C)c1ccc(F)cc1O. The zero-order valence-corrected chi connectivity index (χ0v) is 12.2. The van der Waals surface area contributed by atoms with E-state index in [0.717, 1.165) is 23.6 Å². The lowest BCUT2D eigenvalue weighted by Gasteiger charge is -2.16. The Morgan fingerprint density at radius 3 is 2.43 bits per heavy atom. The van der Waals surface area contributed by atoms with Crippen molar-refractivity contribution in [2.24, 2.45) is 0 Å². The smallest absolute Gasteiger partial charge is 0.126 e. The Morgan fingerprint density at radius 2 is 1.76 bits per heavy atom. The second kappa shape index (κ2) is 6.68. The van der Waals surface area contributed by atoms with Crippen molar-refractivity contribution in [2.75, 3.05) is 6.54 Å². The van der Waals surface area contributed by atoms with E-state index >= 15 is 0 Å². The molecule has 2 aromatic carbocycles. The number of benzene rings is 2. The highest BCUT2D eigenvalue weighted by Gasteiger charge is 2.10. The molecule has 2 rings (SSSR count). The summed E-state index contributed by atoms with van der Waals surface area (Å²) in [7, 11) is 0. The van der Waals surface area contributed by atoms with E-state index in [1.54, 1.807) is 12.1 Å². The number of hydrogen-bond donors (Lipinski definition) is 2. The van der Waals surface area contributed by atoms with Gasteiger partial charge in [0, 0.05) is 17.7 Å². The highest BCUT2D eigenvalue weighted by Crippen LogP contribution is 2.24. The molecule has 2 nitrogen and oxygen atoms in total. The van der Waals surface area contributed by atoms with Crippen molar-refractivity contribution in [3.8, 4) is 5.75 Å².